The molecule has 0 saturated heterocycles. The summed E-state index contributed by atoms with van der Waals surface area (Å²) in [5, 5.41) is 16.1. The van der Waals surface area contributed by atoms with Crippen molar-refractivity contribution in [2.75, 3.05) is 12.4 Å². The van der Waals surface area contributed by atoms with Crippen LogP contribution in [0.4, 0.5) is 5.69 Å². The second-order valence-electron chi connectivity index (χ2n) is 5.89. The average molecular weight is 331 g/mol. The zero-order chi connectivity index (χ0) is 17.9. The number of nitrogens with one attached hydrogen (secondary N) is 1. The van der Waals surface area contributed by atoms with Crippen LogP contribution >= 0.6 is 0 Å². The van der Waals surface area contributed by atoms with Crippen LogP contribution in [0.1, 0.15) is 40.3 Å². The van der Waals surface area contributed by atoms with Crippen molar-refractivity contribution in [1.29, 1.82) is 0 Å². The van der Waals surface area contributed by atoms with Gasteiger partial charge in [-0.1, -0.05) is 13.8 Å². The maximum Gasteiger partial charge on any atom is 0.339 e. The number of aromatic carboxylic acids is 1. The Balaban J connectivity index is 2.21. The molecule has 24 heavy (non-hydrogen) atoms. The van der Waals surface area contributed by atoms with Gasteiger partial charge in [0.2, 0.25) is 0 Å². The fraction of sp³-hybridized carbons (Fsp3) is 0.353. The Bertz CT molecular complexity index is 765. The Morgan fingerprint density at radius 2 is 2.04 bits per heavy atom. The summed E-state index contributed by atoms with van der Waals surface area (Å²) in [5.41, 5.74) is 1.77. The van der Waals surface area contributed by atoms with E-state index in [0.29, 0.717) is 17.2 Å². The topological polar surface area (TPSA) is 93.5 Å². The zero-order valence-electron chi connectivity index (χ0n) is 14.2. The molecule has 0 atom stereocenters. The summed E-state index contributed by atoms with van der Waals surface area (Å²) in [4.78, 5) is 23.5. The van der Waals surface area contributed by atoms with Gasteiger partial charge in [0.05, 0.1) is 18.9 Å². The van der Waals surface area contributed by atoms with E-state index in [1.54, 1.807) is 4.68 Å². The van der Waals surface area contributed by atoms with Gasteiger partial charge >= 0.3 is 5.97 Å². The van der Waals surface area contributed by atoms with Gasteiger partial charge in [0.1, 0.15) is 11.3 Å². The molecular weight excluding hydrogens is 310 g/mol. The highest BCUT2D eigenvalue weighted by Crippen LogP contribution is 2.24. The molecule has 0 bridgehead atoms. The molecule has 0 fully saturated rings. The van der Waals surface area contributed by atoms with E-state index in [0.717, 1.165) is 12.2 Å². The Morgan fingerprint density at radius 1 is 1.33 bits per heavy atom. The lowest BCUT2D eigenvalue weighted by Crippen LogP contribution is -2.14. The third kappa shape index (κ3) is 3.73. The number of benzene rings is 1. The van der Waals surface area contributed by atoms with Crippen LogP contribution < -0.4 is 10.1 Å². The Morgan fingerprint density at radius 3 is 2.62 bits per heavy atom. The average Bonchev–Trinajstić information content (AvgIpc) is 2.87. The summed E-state index contributed by atoms with van der Waals surface area (Å²) < 4.78 is 6.86. The summed E-state index contributed by atoms with van der Waals surface area (Å²) in [6.45, 7) is 6.74. The van der Waals surface area contributed by atoms with Gasteiger partial charge in [0.25, 0.3) is 5.91 Å². The lowest BCUT2D eigenvalue weighted by atomic mass is 10.1. The van der Waals surface area contributed by atoms with E-state index in [1.807, 2.05) is 6.92 Å². The largest absolute Gasteiger partial charge is 0.496 e. The maximum atomic E-state index is 12.4. The van der Waals surface area contributed by atoms with Gasteiger partial charge in [0.15, 0.2) is 0 Å². The molecule has 7 nitrogen and oxygen atoms in total. The summed E-state index contributed by atoms with van der Waals surface area (Å²) in [7, 11) is 1.38. The highest BCUT2D eigenvalue weighted by Gasteiger charge is 2.17. The molecule has 0 unspecified atom stereocenters. The smallest absolute Gasteiger partial charge is 0.339 e. The van der Waals surface area contributed by atoms with Crippen molar-refractivity contribution in [3.05, 3.63) is 41.2 Å². The molecule has 7 heteroatoms. The van der Waals surface area contributed by atoms with E-state index in [2.05, 4.69) is 24.3 Å². The predicted molar refractivity (Wildman–Crippen MR) is 89.7 cm³/mol. The standard InChI is InChI=1S/C17H21N3O4/c1-10(2)9-20-11(3)14(8-18-20)16(21)19-12-5-6-13(17(22)23)15(7-12)24-4/h5-8,10H,9H2,1-4H3,(H,19,21)(H,22,23). The van der Waals surface area contributed by atoms with Crippen LogP contribution in [-0.2, 0) is 6.54 Å². The summed E-state index contributed by atoms with van der Waals surface area (Å²) in [6.07, 6.45) is 1.54. The van der Waals surface area contributed by atoms with Crippen LogP contribution in [0.25, 0.3) is 0 Å². The lowest BCUT2D eigenvalue weighted by Gasteiger charge is -2.10. The molecule has 0 aliphatic heterocycles. The van der Waals surface area contributed by atoms with Gasteiger partial charge in [-0.2, -0.15) is 5.10 Å². The van der Waals surface area contributed by atoms with Crippen LogP contribution in [0.5, 0.6) is 5.75 Å². The van der Waals surface area contributed by atoms with Crippen molar-refractivity contribution >= 4 is 17.6 Å². The number of carboxylic acids is 1. The minimum atomic E-state index is -1.09. The minimum Gasteiger partial charge on any atom is -0.496 e. The molecular formula is C17H21N3O4. The first-order valence-corrected chi connectivity index (χ1v) is 7.58. The van der Waals surface area contributed by atoms with Crippen molar-refractivity contribution in [2.24, 2.45) is 5.92 Å². The number of amides is 1. The first-order valence-electron chi connectivity index (χ1n) is 7.58. The van der Waals surface area contributed by atoms with Crippen molar-refractivity contribution in [1.82, 2.24) is 9.78 Å². The van der Waals surface area contributed by atoms with Crippen molar-refractivity contribution in [3.8, 4) is 5.75 Å². The zero-order valence-corrected chi connectivity index (χ0v) is 14.2. The molecule has 2 rings (SSSR count). The summed E-state index contributed by atoms with van der Waals surface area (Å²) >= 11 is 0. The van der Waals surface area contributed by atoms with Gasteiger partial charge in [-0.05, 0) is 25.0 Å². The summed E-state index contributed by atoms with van der Waals surface area (Å²) in [6, 6.07) is 4.40. The van der Waals surface area contributed by atoms with Crippen LogP contribution in [0, 0.1) is 12.8 Å². The molecule has 128 valence electrons. The second-order valence-corrected chi connectivity index (χ2v) is 5.89. The summed E-state index contributed by atoms with van der Waals surface area (Å²) in [5.74, 6) is -0.775. The van der Waals surface area contributed by atoms with Gasteiger partial charge < -0.3 is 15.2 Å². The molecule has 2 aromatic rings. The van der Waals surface area contributed by atoms with E-state index in [1.165, 1.54) is 31.5 Å². The van der Waals surface area contributed by atoms with E-state index in [-0.39, 0.29) is 17.2 Å². The maximum absolute atomic E-state index is 12.4. The fourth-order valence-corrected chi connectivity index (χ4v) is 2.34. The number of methoxy groups -OCH3 is 1. The molecule has 0 saturated carbocycles. The van der Waals surface area contributed by atoms with E-state index >= 15 is 0 Å². The van der Waals surface area contributed by atoms with Crippen LogP contribution in [0.3, 0.4) is 0 Å². The monoisotopic (exact) mass is 331 g/mol. The number of hydrogen-bond donors (Lipinski definition) is 2. The lowest BCUT2D eigenvalue weighted by molar-refractivity contribution is 0.0693. The number of carbonyl (C=O) groups excluding carboxylic acids is 1. The van der Waals surface area contributed by atoms with Crippen molar-refractivity contribution in [2.45, 2.75) is 27.3 Å². The number of ether oxygens (including phenoxy) is 1. The number of carboxylic acid groups (broad SMARTS) is 1. The molecule has 0 spiro atoms. The highest BCUT2D eigenvalue weighted by molar-refractivity contribution is 6.05. The molecule has 0 radical (unpaired) electrons. The SMILES string of the molecule is COc1cc(NC(=O)c2cnn(CC(C)C)c2C)ccc1C(=O)O. The number of anilines is 1. The molecule has 1 amide bonds. The second kappa shape index (κ2) is 7.16. The van der Waals surface area contributed by atoms with Crippen LogP contribution in [0.15, 0.2) is 24.4 Å². The molecule has 0 aliphatic rings. The van der Waals surface area contributed by atoms with E-state index < -0.39 is 5.97 Å². The molecule has 2 N–H and O–H groups in total. The van der Waals surface area contributed by atoms with E-state index in [4.69, 9.17) is 9.84 Å². The molecule has 1 aromatic carbocycles. The fourth-order valence-electron chi connectivity index (χ4n) is 2.34. The Kier molecular flexibility index (Phi) is 5.23. The highest BCUT2D eigenvalue weighted by atomic mass is 16.5. The van der Waals surface area contributed by atoms with Gasteiger partial charge in [-0.3, -0.25) is 9.48 Å². The first-order chi connectivity index (χ1) is 11.3. The third-order valence-corrected chi connectivity index (χ3v) is 3.58. The van der Waals surface area contributed by atoms with Crippen LogP contribution in [0.2, 0.25) is 0 Å². The number of carbonyl (C=O) groups is 2. The minimum absolute atomic E-state index is 0.0384. The van der Waals surface area contributed by atoms with Crippen molar-refractivity contribution in [3.63, 3.8) is 0 Å². The van der Waals surface area contributed by atoms with Gasteiger partial charge in [0, 0.05) is 24.0 Å². The number of rotatable bonds is 6. The van der Waals surface area contributed by atoms with Crippen molar-refractivity contribution < 1.29 is 19.4 Å². The number of aromatic nitrogens is 2. The Labute approximate surface area is 140 Å². The molecule has 1 aromatic heterocycles. The molecule has 1 heterocycles. The first kappa shape index (κ1) is 17.5. The van der Waals surface area contributed by atoms with Gasteiger partial charge in [-0.25, -0.2) is 4.79 Å². The Hall–Kier alpha value is -2.83. The quantitative estimate of drug-likeness (QED) is 0.849. The predicted octanol–water partition coefficient (Wildman–Crippen LogP) is 2.81. The normalized spacial score (nSPS) is 10.7. The van der Waals surface area contributed by atoms with Gasteiger partial charge in [-0.15, -0.1) is 0 Å². The van der Waals surface area contributed by atoms with Crippen LogP contribution in [-0.4, -0.2) is 33.9 Å². The number of hydrogen-bond acceptors (Lipinski definition) is 4. The van der Waals surface area contributed by atoms with E-state index in [9.17, 15) is 9.59 Å². The molecule has 0 aliphatic carbocycles. The number of nitrogens with zero attached hydrogens (tertiary/aromatic N) is 2. The third-order valence-electron chi connectivity index (χ3n) is 3.58.